The molecule has 0 unspecified atom stereocenters. The van der Waals surface area contributed by atoms with Crippen molar-refractivity contribution in [1.29, 1.82) is 0 Å². The molecule has 1 heterocycles. The van der Waals surface area contributed by atoms with Gasteiger partial charge in [0.2, 0.25) is 5.91 Å². The van der Waals surface area contributed by atoms with Gasteiger partial charge in [0.25, 0.3) is 0 Å². The molecular weight excluding hydrogens is 254 g/mol. The van der Waals surface area contributed by atoms with E-state index in [1.54, 1.807) is 6.26 Å². The van der Waals surface area contributed by atoms with Gasteiger partial charge in [-0.05, 0) is 31.4 Å². The zero-order valence-corrected chi connectivity index (χ0v) is 12.0. The number of aliphatic hydroxyl groups is 1. The van der Waals surface area contributed by atoms with Crippen molar-refractivity contribution in [2.75, 3.05) is 6.54 Å². The highest BCUT2D eigenvalue weighted by Gasteiger charge is 2.46. The normalized spacial score (nSPS) is 36.6. The lowest BCUT2D eigenvalue weighted by Crippen LogP contribution is -2.45. The Morgan fingerprint density at radius 3 is 3.10 bits per heavy atom. The van der Waals surface area contributed by atoms with Crippen molar-refractivity contribution in [3.63, 3.8) is 0 Å². The standard InChI is InChI=1S/C16H23NO3/c1-16(7-3-2-6-14(16)18)10-17-15(19)12-9-11(12)13-5-4-8-20-13/h4-5,8,11-12,14,18H,2-3,6-7,9-10H2,1H3,(H,17,19)/t11-,12+,14-,16+/m0/s1. The number of hydrogen-bond acceptors (Lipinski definition) is 3. The highest BCUT2D eigenvalue weighted by atomic mass is 16.3. The summed E-state index contributed by atoms with van der Waals surface area (Å²) in [4.78, 5) is 12.2. The summed E-state index contributed by atoms with van der Waals surface area (Å²) in [6.45, 7) is 2.66. The summed E-state index contributed by atoms with van der Waals surface area (Å²) in [6.07, 6.45) is 6.30. The molecule has 4 atom stereocenters. The van der Waals surface area contributed by atoms with Crippen molar-refractivity contribution in [2.45, 2.75) is 51.0 Å². The highest BCUT2D eigenvalue weighted by molar-refractivity contribution is 5.82. The molecule has 1 aromatic rings. The number of aliphatic hydroxyl groups excluding tert-OH is 1. The molecule has 1 amide bonds. The van der Waals surface area contributed by atoms with Crippen molar-refractivity contribution in [1.82, 2.24) is 5.32 Å². The Morgan fingerprint density at radius 1 is 1.55 bits per heavy atom. The van der Waals surface area contributed by atoms with Crippen molar-refractivity contribution in [3.05, 3.63) is 24.2 Å². The van der Waals surface area contributed by atoms with E-state index in [1.807, 2.05) is 12.1 Å². The molecule has 2 saturated carbocycles. The van der Waals surface area contributed by atoms with E-state index >= 15 is 0 Å². The van der Waals surface area contributed by atoms with Gasteiger partial charge in [0, 0.05) is 23.8 Å². The number of amides is 1. The molecule has 0 radical (unpaired) electrons. The molecule has 20 heavy (non-hydrogen) atoms. The van der Waals surface area contributed by atoms with Gasteiger partial charge in [-0.1, -0.05) is 19.8 Å². The van der Waals surface area contributed by atoms with Gasteiger partial charge in [0.1, 0.15) is 5.76 Å². The van der Waals surface area contributed by atoms with Crippen LogP contribution in [0.3, 0.4) is 0 Å². The van der Waals surface area contributed by atoms with E-state index in [2.05, 4.69) is 12.2 Å². The summed E-state index contributed by atoms with van der Waals surface area (Å²) in [5, 5.41) is 13.2. The molecule has 2 aliphatic rings. The third kappa shape index (κ3) is 2.62. The predicted octanol–water partition coefficient (Wildman–Crippen LogP) is 2.44. The van der Waals surface area contributed by atoms with E-state index in [-0.39, 0.29) is 29.3 Å². The maximum absolute atomic E-state index is 12.2. The van der Waals surface area contributed by atoms with Gasteiger partial charge < -0.3 is 14.8 Å². The molecule has 2 fully saturated rings. The molecule has 0 aliphatic heterocycles. The van der Waals surface area contributed by atoms with Gasteiger partial charge in [-0.15, -0.1) is 0 Å². The average molecular weight is 277 g/mol. The molecule has 4 nitrogen and oxygen atoms in total. The fourth-order valence-corrected chi connectivity index (χ4v) is 3.31. The van der Waals surface area contributed by atoms with E-state index in [4.69, 9.17) is 4.42 Å². The first kappa shape index (κ1) is 13.7. The molecular formula is C16H23NO3. The topological polar surface area (TPSA) is 62.5 Å². The Kier molecular flexibility index (Phi) is 3.59. The van der Waals surface area contributed by atoms with Crippen molar-refractivity contribution in [2.24, 2.45) is 11.3 Å². The van der Waals surface area contributed by atoms with Gasteiger partial charge in [-0.25, -0.2) is 0 Å². The van der Waals surface area contributed by atoms with E-state index in [0.29, 0.717) is 6.54 Å². The van der Waals surface area contributed by atoms with Gasteiger partial charge in [0.15, 0.2) is 0 Å². The van der Waals surface area contributed by atoms with Crippen molar-refractivity contribution < 1.29 is 14.3 Å². The third-order valence-corrected chi connectivity index (χ3v) is 4.98. The zero-order chi connectivity index (χ0) is 14.2. The number of hydrogen-bond donors (Lipinski definition) is 2. The summed E-state index contributed by atoms with van der Waals surface area (Å²) in [5.74, 6) is 1.30. The second-order valence-corrected chi connectivity index (χ2v) is 6.60. The monoisotopic (exact) mass is 277 g/mol. The summed E-state index contributed by atoms with van der Waals surface area (Å²) in [6, 6.07) is 3.80. The molecule has 110 valence electrons. The maximum Gasteiger partial charge on any atom is 0.223 e. The zero-order valence-electron chi connectivity index (χ0n) is 12.0. The Morgan fingerprint density at radius 2 is 2.40 bits per heavy atom. The van der Waals surface area contributed by atoms with Crippen LogP contribution in [0.1, 0.15) is 50.7 Å². The first-order valence-electron chi connectivity index (χ1n) is 7.59. The van der Waals surface area contributed by atoms with Crippen LogP contribution in [0.5, 0.6) is 0 Å². The minimum Gasteiger partial charge on any atom is -0.469 e. The minimum atomic E-state index is -0.295. The fraction of sp³-hybridized carbons (Fsp3) is 0.688. The van der Waals surface area contributed by atoms with Gasteiger partial charge in [-0.3, -0.25) is 4.79 Å². The number of nitrogens with one attached hydrogen (secondary N) is 1. The molecule has 1 aromatic heterocycles. The number of furan rings is 1. The lowest BCUT2D eigenvalue weighted by Gasteiger charge is -2.38. The molecule has 0 aromatic carbocycles. The van der Waals surface area contributed by atoms with Crippen LogP contribution in [0.15, 0.2) is 22.8 Å². The van der Waals surface area contributed by atoms with Gasteiger partial charge >= 0.3 is 0 Å². The molecule has 2 N–H and O–H groups in total. The van der Waals surface area contributed by atoms with E-state index in [1.165, 1.54) is 0 Å². The largest absolute Gasteiger partial charge is 0.469 e. The van der Waals surface area contributed by atoms with E-state index in [9.17, 15) is 9.90 Å². The second kappa shape index (κ2) is 5.24. The molecule has 4 heteroatoms. The molecule has 0 spiro atoms. The molecule has 0 saturated heterocycles. The van der Waals surface area contributed by atoms with Crippen LogP contribution in [0.25, 0.3) is 0 Å². The van der Waals surface area contributed by atoms with Crippen LogP contribution in [0.4, 0.5) is 0 Å². The summed E-state index contributed by atoms with van der Waals surface area (Å²) in [5.41, 5.74) is -0.164. The summed E-state index contributed by atoms with van der Waals surface area (Å²) >= 11 is 0. The first-order chi connectivity index (χ1) is 9.60. The summed E-state index contributed by atoms with van der Waals surface area (Å²) < 4.78 is 5.35. The van der Waals surface area contributed by atoms with Crippen LogP contribution in [-0.2, 0) is 4.79 Å². The smallest absolute Gasteiger partial charge is 0.223 e. The van der Waals surface area contributed by atoms with E-state index < -0.39 is 0 Å². The lowest BCUT2D eigenvalue weighted by molar-refractivity contribution is -0.123. The first-order valence-corrected chi connectivity index (χ1v) is 7.59. The predicted molar refractivity (Wildman–Crippen MR) is 75.1 cm³/mol. The summed E-state index contributed by atoms with van der Waals surface area (Å²) in [7, 11) is 0. The molecule has 2 aliphatic carbocycles. The number of carbonyl (C=O) groups is 1. The lowest BCUT2D eigenvalue weighted by atomic mass is 9.73. The SMILES string of the molecule is C[C@]1(CNC(=O)[C@@H]2C[C@@H]2c2ccco2)CCCC[C@@H]1O. The molecule has 0 bridgehead atoms. The van der Waals surface area contributed by atoms with Gasteiger partial charge in [-0.2, -0.15) is 0 Å². The second-order valence-electron chi connectivity index (χ2n) is 6.60. The number of rotatable bonds is 4. The van der Waals surface area contributed by atoms with Crippen LogP contribution >= 0.6 is 0 Å². The van der Waals surface area contributed by atoms with Crippen molar-refractivity contribution in [3.8, 4) is 0 Å². The quantitative estimate of drug-likeness (QED) is 0.888. The van der Waals surface area contributed by atoms with Crippen LogP contribution < -0.4 is 5.32 Å². The minimum absolute atomic E-state index is 0.0467. The Hall–Kier alpha value is -1.29. The highest BCUT2D eigenvalue weighted by Crippen LogP contribution is 2.47. The maximum atomic E-state index is 12.2. The number of carbonyl (C=O) groups excluding carboxylic acids is 1. The fourth-order valence-electron chi connectivity index (χ4n) is 3.31. The Labute approximate surface area is 119 Å². The van der Waals surface area contributed by atoms with Crippen LogP contribution in [-0.4, -0.2) is 23.7 Å². The van der Waals surface area contributed by atoms with E-state index in [0.717, 1.165) is 37.9 Å². The third-order valence-electron chi connectivity index (χ3n) is 4.98. The average Bonchev–Trinajstić information content (AvgIpc) is 3.06. The molecule has 3 rings (SSSR count). The Balaban J connectivity index is 1.51. The van der Waals surface area contributed by atoms with Gasteiger partial charge in [0.05, 0.1) is 12.4 Å². The van der Waals surface area contributed by atoms with Crippen molar-refractivity contribution >= 4 is 5.91 Å². The Bertz CT molecular complexity index is 470. The van der Waals surface area contributed by atoms with Crippen LogP contribution in [0.2, 0.25) is 0 Å². The van der Waals surface area contributed by atoms with Crippen LogP contribution in [0, 0.1) is 11.3 Å².